The van der Waals surface area contributed by atoms with E-state index in [0.29, 0.717) is 6.42 Å². The molecular formula is C16H14N2O. The molecule has 2 aliphatic heterocycles. The molecule has 1 aromatic carbocycles. The summed E-state index contributed by atoms with van der Waals surface area (Å²) in [6.07, 6.45) is 2.51. The number of hydrogen-bond donors (Lipinski definition) is 0. The van der Waals surface area contributed by atoms with E-state index in [1.165, 1.54) is 5.39 Å². The molecule has 0 spiro atoms. The molecule has 0 aromatic heterocycles. The van der Waals surface area contributed by atoms with Gasteiger partial charge in [0.2, 0.25) is 0 Å². The van der Waals surface area contributed by atoms with Crippen LogP contribution in [0.25, 0.3) is 22.3 Å². The van der Waals surface area contributed by atoms with Crippen molar-refractivity contribution < 1.29 is 4.79 Å². The topological polar surface area (TPSA) is 34.9 Å². The Balaban J connectivity index is 2.18. The lowest BCUT2D eigenvalue weighted by atomic mass is 9.94. The Morgan fingerprint density at radius 3 is 2.95 bits per heavy atom. The number of aryl methyl sites for hydroxylation is 2. The molecule has 0 fully saturated rings. The molecule has 2 heterocycles. The van der Waals surface area contributed by atoms with Crippen LogP contribution in [0.15, 0.2) is 30.3 Å². The summed E-state index contributed by atoms with van der Waals surface area (Å²) in [6.45, 7) is 0. The molecule has 3 nitrogen and oxygen atoms in total. The molecule has 1 aromatic rings. The number of nitrogens with zero attached hydrogens (tertiary/aromatic N) is 2. The summed E-state index contributed by atoms with van der Waals surface area (Å²) in [5, 5.41) is 1.17. The van der Waals surface area contributed by atoms with Gasteiger partial charge in [0, 0.05) is 24.4 Å². The lowest BCUT2D eigenvalue weighted by Gasteiger charge is -2.15. The van der Waals surface area contributed by atoms with Crippen LogP contribution in [0.2, 0.25) is 0 Å². The zero-order chi connectivity index (χ0) is 13.0. The summed E-state index contributed by atoms with van der Waals surface area (Å²) in [5.41, 5.74) is 4.93. The minimum Gasteiger partial charge on any atom is -0.342 e. The number of rotatable bonds is 0. The van der Waals surface area contributed by atoms with Crippen LogP contribution in [0.5, 0.6) is 0 Å². The molecule has 0 radical (unpaired) electrons. The first-order valence-electron chi connectivity index (χ1n) is 6.66. The van der Waals surface area contributed by atoms with Crippen molar-refractivity contribution in [2.24, 2.45) is 7.05 Å². The van der Waals surface area contributed by atoms with Gasteiger partial charge >= 0.3 is 0 Å². The number of Topliss-reactive ketones (excluding diaryl/α,β-unsaturated/α-hetero) is 1. The average Bonchev–Trinajstić information content (AvgIpc) is 2.79. The summed E-state index contributed by atoms with van der Waals surface area (Å²) in [4.78, 5) is 16.9. The van der Waals surface area contributed by atoms with Gasteiger partial charge in [-0.15, -0.1) is 0 Å². The molecule has 0 saturated carbocycles. The van der Waals surface area contributed by atoms with Gasteiger partial charge in [-0.3, -0.25) is 9.78 Å². The molecule has 4 rings (SSSR count). The highest BCUT2D eigenvalue weighted by molar-refractivity contribution is 6.05. The van der Waals surface area contributed by atoms with Gasteiger partial charge in [0.05, 0.1) is 22.6 Å². The van der Waals surface area contributed by atoms with E-state index in [1.807, 2.05) is 19.2 Å². The second kappa shape index (κ2) is 3.67. The fourth-order valence-corrected chi connectivity index (χ4v) is 3.16. The Kier molecular flexibility index (Phi) is 2.07. The van der Waals surface area contributed by atoms with Gasteiger partial charge in [-0.1, -0.05) is 18.2 Å². The molecule has 3 aliphatic rings. The first kappa shape index (κ1) is 10.7. The van der Waals surface area contributed by atoms with E-state index in [9.17, 15) is 4.79 Å². The van der Waals surface area contributed by atoms with Gasteiger partial charge < -0.3 is 4.57 Å². The van der Waals surface area contributed by atoms with E-state index in [1.54, 1.807) is 0 Å². The summed E-state index contributed by atoms with van der Waals surface area (Å²) >= 11 is 0. The van der Waals surface area contributed by atoms with Crippen molar-refractivity contribution >= 4 is 16.7 Å². The molecule has 0 unspecified atom stereocenters. The summed E-state index contributed by atoms with van der Waals surface area (Å²) in [7, 11) is 2.02. The van der Waals surface area contributed by atoms with Crippen molar-refractivity contribution in [2.45, 2.75) is 19.3 Å². The van der Waals surface area contributed by atoms with E-state index in [0.717, 1.165) is 41.0 Å². The summed E-state index contributed by atoms with van der Waals surface area (Å²) in [5.74, 6) is 0.245. The lowest BCUT2D eigenvalue weighted by Crippen LogP contribution is -2.11. The van der Waals surface area contributed by atoms with Crippen molar-refractivity contribution in [1.29, 1.82) is 0 Å². The van der Waals surface area contributed by atoms with E-state index < -0.39 is 0 Å². The van der Waals surface area contributed by atoms with Gasteiger partial charge in [-0.05, 0) is 25.0 Å². The van der Waals surface area contributed by atoms with Crippen molar-refractivity contribution in [3.05, 3.63) is 41.6 Å². The van der Waals surface area contributed by atoms with Crippen LogP contribution in [-0.4, -0.2) is 15.3 Å². The predicted octanol–water partition coefficient (Wildman–Crippen LogP) is 3.20. The van der Waals surface area contributed by atoms with Crippen LogP contribution in [0.1, 0.15) is 28.9 Å². The van der Waals surface area contributed by atoms with Crippen molar-refractivity contribution in [3.63, 3.8) is 0 Å². The van der Waals surface area contributed by atoms with Crippen LogP contribution < -0.4 is 0 Å². The van der Waals surface area contributed by atoms with Gasteiger partial charge in [0.15, 0.2) is 5.78 Å². The maximum absolute atomic E-state index is 12.2. The second-order valence-electron chi connectivity index (χ2n) is 5.21. The third kappa shape index (κ3) is 1.38. The molecule has 1 aliphatic carbocycles. The maximum atomic E-state index is 12.2. The first-order valence-corrected chi connectivity index (χ1v) is 6.66. The highest BCUT2D eigenvalue weighted by atomic mass is 16.1. The van der Waals surface area contributed by atoms with Gasteiger partial charge in [-0.25, -0.2) is 0 Å². The Morgan fingerprint density at radius 1 is 1.21 bits per heavy atom. The molecule has 0 atom stereocenters. The fraction of sp³-hybridized carbons (Fsp3) is 0.250. The monoisotopic (exact) mass is 250 g/mol. The molecular weight excluding hydrogens is 236 g/mol. The largest absolute Gasteiger partial charge is 0.342 e. The maximum Gasteiger partial charge on any atom is 0.166 e. The van der Waals surface area contributed by atoms with Gasteiger partial charge in [0.25, 0.3) is 0 Å². The van der Waals surface area contributed by atoms with Crippen LogP contribution in [-0.2, 0) is 13.5 Å². The van der Waals surface area contributed by atoms with Crippen molar-refractivity contribution in [3.8, 4) is 11.4 Å². The van der Waals surface area contributed by atoms with Crippen LogP contribution in [0.3, 0.4) is 0 Å². The normalized spacial score (nSPS) is 15.1. The van der Waals surface area contributed by atoms with Crippen LogP contribution in [0.4, 0.5) is 0 Å². The van der Waals surface area contributed by atoms with E-state index in [4.69, 9.17) is 0 Å². The number of aromatic nitrogens is 2. The van der Waals surface area contributed by atoms with Gasteiger partial charge in [0.1, 0.15) is 0 Å². The van der Waals surface area contributed by atoms with Crippen LogP contribution >= 0.6 is 0 Å². The van der Waals surface area contributed by atoms with E-state index in [-0.39, 0.29) is 5.78 Å². The predicted molar refractivity (Wildman–Crippen MR) is 74.6 cm³/mol. The number of carbonyl (C=O) groups is 1. The second-order valence-corrected chi connectivity index (χ2v) is 5.21. The Bertz CT molecular complexity index is 785. The number of ketones is 1. The Labute approximate surface area is 111 Å². The number of fused-ring (bicyclic) bond motifs is 4. The third-order valence-corrected chi connectivity index (χ3v) is 4.05. The highest BCUT2D eigenvalue weighted by Crippen LogP contribution is 2.35. The first-order chi connectivity index (χ1) is 9.25. The lowest BCUT2D eigenvalue weighted by molar-refractivity contribution is 0.0972. The van der Waals surface area contributed by atoms with E-state index in [2.05, 4.69) is 27.8 Å². The fourth-order valence-electron chi connectivity index (χ4n) is 3.16. The summed E-state index contributed by atoms with van der Waals surface area (Å²) in [6, 6.07) is 10.3. The molecule has 0 N–H and O–H groups in total. The zero-order valence-corrected chi connectivity index (χ0v) is 10.8. The van der Waals surface area contributed by atoms with Crippen molar-refractivity contribution in [2.75, 3.05) is 0 Å². The molecule has 19 heavy (non-hydrogen) atoms. The Hall–Kier alpha value is -2.16. The minimum atomic E-state index is 0.245. The molecule has 0 saturated heterocycles. The molecule has 0 bridgehead atoms. The Morgan fingerprint density at radius 2 is 2.05 bits per heavy atom. The molecule has 3 heteroatoms. The van der Waals surface area contributed by atoms with Crippen molar-refractivity contribution in [1.82, 2.24) is 9.55 Å². The number of benzene rings is 1. The average molecular weight is 250 g/mol. The minimum absolute atomic E-state index is 0.245. The molecule has 94 valence electrons. The highest BCUT2D eigenvalue weighted by Gasteiger charge is 2.28. The standard InChI is InChI=1S/C16H14N2O/c1-18-13-7-3-2-5-10(13)9-12-16(18)15-11(17-12)6-4-8-14(15)19/h2-3,5,7,9H,4,6,8H2,1H3. The van der Waals surface area contributed by atoms with Crippen LogP contribution in [0, 0.1) is 0 Å². The zero-order valence-electron chi connectivity index (χ0n) is 10.8. The third-order valence-electron chi connectivity index (χ3n) is 4.05. The number of carbonyl (C=O) groups excluding carboxylic acids is 1. The summed E-state index contributed by atoms with van der Waals surface area (Å²) < 4.78 is 2.11. The quantitative estimate of drug-likeness (QED) is 0.614. The van der Waals surface area contributed by atoms with Gasteiger partial charge in [-0.2, -0.15) is 0 Å². The number of para-hydroxylation sites is 1. The molecule has 0 amide bonds. The number of pyridine rings is 1. The number of hydrogen-bond acceptors (Lipinski definition) is 2. The van der Waals surface area contributed by atoms with E-state index >= 15 is 0 Å². The smallest absolute Gasteiger partial charge is 0.166 e. The SMILES string of the molecule is Cn1c2c3c(nc-2cc2ccccc21)CCCC3=O.